The number of nitro groups is 1. The van der Waals surface area contributed by atoms with Gasteiger partial charge < -0.3 is 13.7 Å². The first-order valence-corrected chi connectivity index (χ1v) is 11.9. The highest BCUT2D eigenvalue weighted by atomic mass is 16.6. The van der Waals surface area contributed by atoms with E-state index in [0.717, 1.165) is 6.07 Å². The number of benzene rings is 1. The Balaban J connectivity index is 1.87. The smallest absolute Gasteiger partial charge is 0.341 e. The van der Waals surface area contributed by atoms with Crippen molar-refractivity contribution >= 4 is 34.2 Å². The molecule has 0 bridgehead atoms. The molecule has 0 saturated heterocycles. The van der Waals surface area contributed by atoms with Gasteiger partial charge in [-0.2, -0.15) is 4.99 Å². The van der Waals surface area contributed by atoms with Crippen LogP contribution >= 0.6 is 0 Å². The Morgan fingerprint density at radius 2 is 1.97 bits per heavy atom. The maximum atomic E-state index is 13.4. The van der Waals surface area contributed by atoms with Crippen molar-refractivity contribution in [1.29, 1.82) is 0 Å². The summed E-state index contributed by atoms with van der Waals surface area (Å²) in [4.78, 5) is 59.6. The van der Waals surface area contributed by atoms with Crippen molar-refractivity contribution < 1.29 is 23.7 Å². The monoisotopic (exact) mass is 527 g/mol. The number of carbonyl (C=O) groups excluding carboxylic acids is 2. The molecule has 0 spiro atoms. The van der Waals surface area contributed by atoms with E-state index in [1.54, 1.807) is 50.4 Å². The van der Waals surface area contributed by atoms with Gasteiger partial charge >= 0.3 is 5.97 Å². The Hall–Kier alpha value is -5.39. The van der Waals surface area contributed by atoms with Crippen molar-refractivity contribution in [3.8, 4) is 0 Å². The molecule has 0 atom stereocenters. The molecule has 0 saturated carbocycles. The summed E-state index contributed by atoms with van der Waals surface area (Å²) in [5, 5.41) is 11.5. The van der Waals surface area contributed by atoms with E-state index >= 15 is 0 Å². The van der Waals surface area contributed by atoms with E-state index < -0.39 is 22.4 Å². The number of rotatable bonds is 6. The largest absolute Gasteiger partial charge is 0.467 e. The molecule has 4 heterocycles. The van der Waals surface area contributed by atoms with Crippen LogP contribution in [0.5, 0.6) is 0 Å². The minimum atomic E-state index is -0.839. The SMILES string of the molecule is CCOC(=O)c1cc2c(=O)n3ccccc3nc2n(Cc2ccco2)c1=NC(=O)c1ccc(C)c([N+](=O)[O-])c1. The fourth-order valence-electron chi connectivity index (χ4n) is 4.17. The van der Waals surface area contributed by atoms with E-state index in [2.05, 4.69) is 9.98 Å². The van der Waals surface area contributed by atoms with E-state index in [0.29, 0.717) is 17.0 Å². The molecule has 1 amide bonds. The molecule has 0 aliphatic heterocycles. The molecule has 12 heteroatoms. The minimum absolute atomic E-state index is 0.0293. The number of hydrogen-bond donors (Lipinski definition) is 0. The number of carbonyl (C=O) groups is 2. The fourth-order valence-corrected chi connectivity index (χ4v) is 4.17. The Morgan fingerprint density at radius 1 is 1.15 bits per heavy atom. The highest BCUT2D eigenvalue weighted by molar-refractivity contribution is 5.97. The number of nitro benzene ring substituents is 1. The third-order valence-electron chi connectivity index (χ3n) is 6.04. The summed E-state index contributed by atoms with van der Waals surface area (Å²) in [6.07, 6.45) is 3.01. The molecule has 0 fully saturated rings. The molecular formula is C27H21N5O7. The highest BCUT2D eigenvalue weighted by Crippen LogP contribution is 2.20. The number of ether oxygens (including phenoxy) is 1. The lowest BCUT2D eigenvalue weighted by molar-refractivity contribution is -0.385. The lowest BCUT2D eigenvalue weighted by Crippen LogP contribution is -2.33. The van der Waals surface area contributed by atoms with Crippen LogP contribution in [0.15, 0.2) is 81.3 Å². The first-order chi connectivity index (χ1) is 18.8. The van der Waals surface area contributed by atoms with Crippen LogP contribution in [0.4, 0.5) is 5.69 Å². The van der Waals surface area contributed by atoms with Crippen LogP contribution in [0.25, 0.3) is 16.7 Å². The van der Waals surface area contributed by atoms with Crippen LogP contribution in [-0.2, 0) is 11.3 Å². The molecule has 0 aliphatic rings. The summed E-state index contributed by atoms with van der Waals surface area (Å²) < 4.78 is 13.5. The average molecular weight is 527 g/mol. The van der Waals surface area contributed by atoms with Gasteiger partial charge in [0.05, 0.1) is 29.7 Å². The Kier molecular flexibility index (Phi) is 6.59. The molecule has 0 radical (unpaired) electrons. The van der Waals surface area contributed by atoms with E-state index in [-0.39, 0.29) is 46.5 Å². The summed E-state index contributed by atoms with van der Waals surface area (Å²) >= 11 is 0. The standard InChI is InChI=1S/C27H21N5O7/c1-3-38-27(35)20-14-19-23(28-22-8-4-5-11-30(22)26(19)34)31(15-18-7-6-12-39-18)24(20)29-25(33)17-10-9-16(2)21(13-17)32(36)37/h4-14H,3,15H2,1-2H3. The fraction of sp³-hybridized carbons (Fsp3) is 0.148. The van der Waals surface area contributed by atoms with Gasteiger partial charge in [0.15, 0.2) is 5.49 Å². The first-order valence-electron chi connectivity index (χ1n) is 11.9. The molecule has 0 unspecified atom stereocenters. The number of pyridine rings is 2. The van der Waals surface area contributed by atoms with Crippen molar-refractivity contribution in [1.82, 2.24) is 14.0 Å². The van der Waals surface area contributed by atoms with Gasteiger partial charge in [0.2, 0.25) is 0 Å². The highest BCUT2D eigenvalue weighted by Gasteiger charge is 2.22. The van der Waals surface area contributed by atoms with Gasteiger partial charge in [0.25, 0.3) is 17.2 Å². The molecule has 0 N–H and O–H groups in total. The Morgan fingerprint density at radius 3 is 2.69 bits per heavy atom. The van der Waals surface area contributed by atoms with Crippen molar-refractivity contribution in [2.45, 2.75) is 20.4 Å². The summed E-state index contributed by atoms with van der Waals surface area (Å²) in [5.41, 5.74) is -0.183. The number of amides is 1. The normalized spacial score (nSPS) is 11.7. The van der Waals surface area contributed by atoms with Gasteiger partial charge in [-0.1, -0.05) is 12.1 Å². The van der Waals surface area contributed by atoms with Gasteiger partial charge in [0.1, 0.15) is 22.6 Å². The van der Waals surface area contributed by atoms with Crippen molar-refractivity contribution in [3.05, 3.63) is 115 Å². The zero-order chi connectivity index (χ0) is 27.7. The predicted octanol–water partition coefficient (Wildman–Crippen LogP) is 3.42. The van der Waals surface area contributed by atoms with Gasteiger partial charge in [-0.15, -0.1) is 0 Å². The van der Waals surface area contributed by atoms with E-state index in [1.807, 2.05) is 0 Å². The second-order valence-corrected chi connectivity index (χ2v) is 8.53. The second-order valence-electron chi connectivity index (χ2n) is 8.53. The number of aromatic nitrogens is 3. The lowest BCUT2D eigenvalue weighted by Gasteiger charge is -2.14. The molecule has 1 aromatic carbocycles. The molecule has 4 aromatic heterocycles. The van der Waals surface area contributed by atoms with E-state index in [1.165, 1.54) is 33.4 Å². The zero-order valence-corrected chi connectivity index (χ0v) is 20.9. The number of hydrogen-bond acceptors (Lipinski definition) is 8. The quantitative estimate of drug-likeness (QED) is 0.141. The number of aryl methyl sites for hydroxylation is 1. The van der Waals surface area contributed by atoms with Gasteiger partial charge in [-0.25, -0.2) is 9.78 Å². The van der Waals surface area contributed by atoms with Crippen LogP contribution in [-0.4, -0.2) is 37.4 Å². The lowest BCUT2D eigenvalue weighted by atomic mass is 10.1. The van der Waals surface area contributed by atoms with Crippen molar-refractivity contribution in [2.24, 2.45) is 4.99 Å². The molecule has 5 rings (SSSR count). The average Bonchev–Trinajstić information content (AvgIpc) is 3.43. The second kappa shape index (κ2) is 10.2. The van der Waals surface area contributed by atoms with Crippen molar-refractivity contribution in [2.75, 3.05) is 6.61 Å². The number of fused-ring (bicyclic) bond motifs is 2. The number of furan rings is 1. The molecular weight excluding hydrogens is 506 g/mol. The molecule has 12 nitrogen and oxygen atoms in total. The summed E-state index contributed by atoms with van der Waals surface area (Å²) in [7, 11) is 0. The predicted molar refractivity (Wildman–Crippen MR) is 138 cm³/mol. The zero-order valence-electron chi connectivity index (χ0n) is 20.9. The van der Waals surface area contributed by atoms with Gasteiger partial charge in [0, 0.05) is 23.4 Å². The topological polar surface area (TPSA) is 151 Å². The van der Waals surface area contributed by atoms with Gasteiger partial charge in [-0.3, -0.25) is 24.1 Å². The summed E-state index contributed by atoms with van der Waals surface area (Å²) in [6, 6.07) is 13.7. The van der Waals surface area contributed by atoms with E-state index in [4.69, 9.17) is 9.15 Å². The van der Waals surface area contributed by atoms with Crippen molar-refractivity contribution in [3.63, 3.8) is 0 Å². The molecule has 0 aliphatic carbocycles. The Bertz CT molecular complexity index is 1900. The summed E-state index contributed by atoms with van der Waals surface area (Å²) in [6.45, 7) is 3.17. The molecule has 196 valence electrons. The summed E-state index contributed by atoms with van der Waals surface area (Å²) in [5.74, 6) is -1.22. The third kappa shape index (κ3) is 4.70. The third-order valence-corrected chi connectivity index (χ3v) is 6.04. The maximum Gasteiger partial charge on any atom is 0.341 e. The number of esters is 1. The van der Waals surface area contributed by atoms with Crippen LogP contribution in [0, 0.1) is 17.0 Å². The van der Waals surface area contributed by atoms with Crippen LogP contribution in [0.2, 0.25) is 0 Å². The molecule has 5 aromatic rings. The Labute approximate surface area is 219 Å². The van der Waals surface area contributed by atoms with Crippen LogP contribution in [0.3, 0.4) is 0 Å². The number of nitrogens with zero attached hydrogens (tertiary/aromatic N) is 5. The van der Waals surface area contributed by atoms with E-state index in [9.17, 15) is 24.5 Å². The first kappa shape index (κ1) is 25.3. The van der Waals surface area contributed by atoms with Crippen LogP contribution < -0.4 is 11.0 Å². The van der Waals surface area contributed by atoms with Gasteiger partial charge in [-0.05, 0) is 50.2 Å². The maximum absolute atomic E-state index is 13.4. The minimum Gasteiger partial charge on any atom is -0.467 e. The van der Waals surface area contributed by atoms with Crippen LogP contribution in [0.1, 0.15) is 39.0 Å². The molecule has 39 heavy (non-hydrogen) atoms.